The summed E-state index contributed by atoms with van der Waals surface area (Å²) in [6.07, 6.45) is 46.8. The monoisotopic (exact) mass is 609 g/mol. The Morgan fingerprint density at radius 2 is 0.773 bits per heavy atom. The van der Waals surface area contributed by atoms with Gasteiger partial charge in [0.25, 0.3) is 0 Å². The lowest BCUT2D eigenvalue weighted by Gasteiger charge is -2.33. The second kappa shape index (κ2) is 29.0. The van der Waals surface area contributed by atoms with Crippen LogP contribution in [0.5, 0.6) is 0 Å². The summed E-state index contributed by atoms with van der Waals surface area (Å²) in [4.78, 5) is 5.28. The summed E-state index contributed by atoms with van der Waals surface area (Å²) in [6.45, 7) is 6.88. The van der Waals surface area contributed by atoms with Crippen molar-refractivity contribution in [2.45, 2.75) is 213 Å². The highest BCUT2D eigenvalue weighted by atomic mass is 15.4. The molecule has 0 aromatic heterocycles. The van der Waals surface area contributed by atoms with E-state index in [0.29, 0.717) is 6.17 Å². The first-order valence-corrected chi connectivity index (χ1v) is 20.1. The molecule has 0 saturated carbocycles. The SMILES string of the molecule is CCCCCCCCCCCCCCCCCCC1N(CCCCCCCCCCCCCC)C=CN1Cc1ccccc1. The Hall–Kier alpha value is -1.44. The van der Waals surface area contributed by atoms with Crippen LogP contribution in [-0.2, 0) is 6.54 Å². The number of hydrogen-bond donors (Lipinski definition) is 0. The molecule has 1 unspecified atom stereocenters. The molecule has 0 bridgehead atoms. The maximum absolute atomic E-state index is 2.67. The molecule has 0 saturated heterocycles. The Kier molecular flexibility index (Phi) is 25.5. The van der Waals surface area contributed by atoms with Crippen molar-refractivity contribution in [1.82, 2.24) is 9.80 Å². The number of rotatable bonds is 32. The summed E-state index contributed by atoms with van der Waals surface area (Å²) >= 11 is 0. The van der Waals surface area contributed by atoms with Crippen LogP contribution in [0.4, 0.5) is 0 Å². The summed E-state index contributed by atoms with van der Waals surface area (Å²) in [6, 6.07) is 11.1. The van der Waals surface area contributed by atoms with E-state index in [1.54, 1.807) is 0 Å². The number of unbranched alkanes of at least 4 members (excludes halogenated alkanes) is 26. The Morgan fingerprint density at radius 1 is 0.409 bits per heavy atom. The van der Waals surface area contributed by atoms with Gasteiger partial charge in [-0.2, -0.15) is 0 Å². The third kappa shape index (κ3) is 20.6. The number of benzene rings is 1. The molecule has 44 heavy (non-hydrogen) atoms. The maximum atomic E-state index is 2.67. The minimum atomic E-state index is 0.551. The molecule has 2 rings (SSSR count). The van der Waals surface area contributed by atoms with Crippen molar-refractivity contribution in [3.05, 3.63) is 48.3 Å². The molecule has 0 spiro atoms. The molecule has 0 aliphatic carbocycles. The molecule has 0 amide bonds. The van der Waals surface area contributed by atoms with E-state index >= 15 is 0 Å². The van der Waals surface area contributed by atoms with E-state index in [1.807, 2.05) is 0 Å². The second-order valence-electron chi connectivity index (χ2n) is 14.2. The molecular formula is C42H76N2. The highest BCUT2D eigenvalue weighted by Crippen LogP contribution is 2.25. The van der Waals surface area contributed by atoms with Crippen molar-refractivity contribution in [2.24, 2.45) is 0 Å². The van der Waals surface area contributed by atoms with E-state index in [2.05, 4.69) is 66.4 Å². The molecule has 1 heterocycles. The molecule has 0 N–H and O–H groups in total. The summed E-state index contributed by atoms with van der Waals surface area (Å²) in [5, 5.41) is 0. The van der Waals surface area contributed by atoms with Gasteiger partial charge in [-0.3, -0.25) is 0 Å². The van der Waals surface area contributed by atoms with Crippen molar-refractivity contribution in [1.29, 1.82) is 0 Å². The van der Waals surface area contributed by atoms with Crippen LogP contribution < -0.4 is 0 Å². The Bertz CT molecular complexity index is 743. The molecule has 1 aromatic rings. The first kappa shape index (κ1) is 38.7. The minimum absolute atomic E-state index is 0.551. The fraction of sp³-hybridized carbons (Fsp3) is 0.810. The van der Waals surface area contributed by atoms with Crippen molar-refractivity contribution in [3.63, 3.8) is 0 Å². The lowest BCUT2D eigenvalue weighted by molar-refractivity contribution is 0.132. The molecular weight excluding hydrogens is 532 g/mol. The van der Waals surface area contributed by atoms with Gasteiger partial charge >= 0.3 is 0 Å². The van der Waals surface area contributed by atoms with Gasteiger partial charge in [-0.15, -0.1) is 0 Å². The molecule has 0 fully saturated rings. The number of nitrogens with zero attached hydrogens (tertiary/aromatic N) is 2. The van der Waals surface area contributed by atoms with Gasteiger partial charge < -0.3 is 9.80 Å². The van der Waals surface area contributed by atoms with Crippen molar-refractivity contribution < 1.29 is 0 Å². The highest BCUT2D eigenvalue weighted by Gasteiger charge is 2.25. The van der Waals surface area contributed by atoms with Gasteiger partial charge in [0.15, 0.2) is 0 Å². The summed E-state index contributed by atoms with van der Waals surface area (Å²) in [7, 11) is 0. The van der Waals surface area contributed by atoms with Crippen LogP contribution in [0.2, 0.25) is 0 Å². The summed E-state index contributed by atoms with van der Waals surface area (Å²) in [5.74, 6) is 0. The zero-order valence-electron chi connectivity index (χ0n) is 29.9. The van der Waals surface area contributed by atoms with Gasteiger partial charge in [-0.1, -0.05) is 211 Å². The quantitative estimate of drug-likeness (QED) is 0.0751. The molecule has 254 valence electrons. The maximum Gasteiger partial charge on any atom is 0.101 e. The predicted molar refractivity (Wildman–Crippen MR) is 197 cm³/mol. The molecule has 1 aromatic carbocycles. The van der Waals surface area contributed by atoms with Gasteiger partial charge in [-0.05, 0) is 24.8 Å². The van der Waals surface area contributed by atoms with Gasteiger partial charge in [0.05, 0.1) is 0 Å². The standard InChI is InChI=1S/C42H76N2/c1-3-5-7-9-11-13-15-17-18-19-20-21-23-25-27-32-36-42-43(38-39-44(42)40-41-34-30-29-31-35-41)37-33-28-26-24-22-16-14-12-10-8-6-4-2/h29-31,34-35,38-39,42H,3-28,32-33,36-37,40H2,1-2H3. The van der Waals surface area contributed by atoms with Gasteiger partial charge in [-0.25, -0.2) is 0 Å². The van der Waals surface area contributed by atoms with Gasteiger partial charge in [0, 0.05) is 25.5 Å². The molecule has 2 heteroatoms. The molecule has 1 aliphatic rings. The molecule has 1 aliphatic heterocycles. The lowest BCUT2D eigenvalue weighted by Crippen LogP contribution is -2.38. The van der Waals surface area contributed by atoms with E-state index in [4.69, 9.17) is 0 Å². The zero-order valence-corrected chi connectivity index (χ0v) is 29.9. The predicted octanol–water partition coefficient (Wildman–Crippen LogP) is 14.0. The Labute approximate surface area is 276 Å². The first-order chi connectivity index (χ1) is 21.8. The van der Waals surface area contributed by atoms with Crippen LogP contribution in [0, 0.1) is 0 Å². The van der Waals surface area contributed by atoms with Crippen LogP contribution >= 0.6 is 0 Å². The van der Waals surface area contributed by atoms with Crippen molar-refractivity contribution in [2.75, 3.05) is 6.54 Å². The first-order valence-electron chi connectivity index (χ1n) is 20.1. The lowest BCUT2D eigenvalue weighted by atomic mass is 10.0. The minimum Gasteiger partial charge on any atom is -0.356 e. The van der Waals surface area contributed by atoms with Crippen LogP contribution in [0.25, 0.3) is 0 Å². The fourth-order valence-corrected chi connectivity index (χ4v) is 7.08. The third-order valence-corrected chi connectivity index (χ3v) is 10.0. The highest BCUT2D eigenvalue weighted by molar-refractivity contribution is 5.16. The third-order valence-electron chi connectivity index (χ3n) is 10.0. The summed E-state index contributed by atoms with van der Waals surface area (Å²) in [5.41, 5.74) is 1.43. The van der Waals surface area contributed by atoms with E-state index in [0.717, 1.165) is 6.54 Å². The van der Waals surface area contributed by atoms with Crippen molar-refractivity contribution in [3.8, 4) is 0 Å². The Morgan fingerprint density at radius 3 is 1.20 bits per heavy atom. The normalized spacial score (nSPS) is 14.7. The molecule has 1 atom stereocenters. The van der Waals surface area contributed by atoms with E-state index in [-0.39, 0.29) is 0 Å². The second-order valence-corrected chi connectivity index (χ2v) is 14.2. The van der Waals surface area contributed by atoms with Gasteiger partial charge in [0.2, 0.25) is 0 Å². The average molecular weight is 609 g/mol. The largest absolute Gasteiger partial charge is 0.356 e. The van der Waals surface area contributed by atoms with Crippen LogP contribution in [-0.4, -0.2) is 22.5 Å². The Balaban J connectivity index is 1.53. The van der Waals surface area contributed by atoms with E-state index in [1.165, 1.54) is 198 Å². The number of hydrogen-bond acceptors (Lipinski definition) is 2. The smallest absolute Gasteiger partial charge is 0.101 e. The van der Waals surface area contributed by atoms with Gasteiger partial charge in [0.1, 0.15) is 6.17 Å². The molecule has 2 nitrogen and oxygen atoms in total. The van der Waals surface area contributed by atoms with Crippen LogP contribution in [0.3, 0.4) is 0 Å². The average Bonchev–Trinajstić information content (AvgIpc) is 3.42. The molecule has 0 radical (unpaired) electrons. The van der Waals surface area contributed by atoms with Crippen LogP contribution in [0.1, 0.15) is 206 Å². The van der Waals surface area contributed by atoms with Crippen molar-refractivity contribution >= 4 is 0 Å². The van der Waals surface area contributed by atoms with E-state index in [9.17, 15) is 0 Å². The summed E-state index contributed by atoms with van der Waals surface area (Å²) < 4.78 is 0. The topological polar surface area (TPSA) is 6.48 Å². The fourth-order valence-electron chi connectivity index (χ4n) is 7.08. The zero-order chi connectivity index (χ0) is 31.2. The van der Waals surface area contributed by atoms with E-state index < -0.39 is 0 Å². The van der Waals surface area contributed by atoms with Crippen LogP contribution in [0.15, 0.2) is 42.7 Å².